The highest BCUT2D eigenvalue weighted by molar-refractivity contribution is 5.83. The molecule has 1 aromatic carbocycles. The van der Waals surface area contributed by atoms with E-state index in [-0.39, 0.29) is 5.91 Å². The van der Waals surface area contributed by atoms with Gasteiger partial charge in [-0.25, -0.2) is 4.98 Å². The minimum atomic E-state index is 0.230. The van der Waals surface area contributed by atoms with E-state index in [1.807, 2.05) is 35.7 Å². The van der Waals surface area contributed by atoms with Gasteiger partial charge in [-0.2, -0.15) is 9.61 Å². The molecule has 6 nitrogen and oxygen atoms in total. The number of hydrogen-bond donors (Lipinski definition) is 0. The number of carbonyl (C=O) groups is 1. The van der Waals surface area contributed by atoms with Gasteiger partial charge in [0.2, 0.25) is 5.91 Å². The van der Waals surface area contributed by atoms with E-state index in [0.29, 0.717) is 12.6 Å². The number of fused-ring (bicyclic) bond motifs is 1. The fourth-order valence-electron chi connectivity index (χ4n) is 4.54. The lowest BCUT2D eigenvalue weighted by Crippen LogP contribution is -2.54. The van der Waals surface area contributed by atoms with Gasteiger partial charge in [0.05, 0.1) is 17.9 Å². The first-order chi connectivity index (χ1) is 13.7. The summed E-state index contributed by atoms with van der Waals surface area (Å²) in [7, 11) is 0. The number of aryl methyl sites for hydroxylation is 1. The van der Waals surface area contributed by atoms with Crippen LogP contribution in [-0.4, -0.2) is 51.1 Å². The Morgan fingerprint density at radius 1 is 1.04 bits per heavy atom. The van der Waals surface area contributed by atoms with Crippen LogP contribution in [0.1, 0.15) is 31.4 Å². The quantitative estimate of drug-likeness (QED) is 0.705. The summed E-state index contributed by atoms with van der Waals surface area (Å²) in [4.78, 5) is 22.0. The molecular formula is C22H25N5O. The zero-order valence-corrected chi connectivity index (χ0v) is 16.2. The van der Waals surface area contributed by atoms with Crippen molar-refractivity contribution in [1.29, 1.82) is 0 Å². The fraction of sp³-hybridized carbons (Fsp3) is 0.409. The van der Waals surface area contributed by atoms with Crippen molar-refractivity contribution >= 4 is 17.4 Å². The average molecular weight is 375 g/mol. The van der Waals surface area contributed by atoms with Gasteiger partial charge >= 0.3 is 0 Å². The molecule has 1 saturated carbocycles. The van der Waals surface area contributed by atoms with E-state index in [0.717, 1.165) is 54.3 Å². The second-order valence-corrected chi connectivity index (χ2v) is 7.87. The third-order valence-corrected chi connectivity index (χ3v) is 5.95. The molecule has 6 heteroatoms. The van der Waals surface area contributed by atoms with Gasteiger partial charge in [-0.3, -0.25) is 4.79 Å². The highest BCUT2D eigenvalue weighted by atomic mass is 16.2. The van der Waals surface area contributed by atoms with E-state index in [1.165, 1.54) is 12.8 Å². The molecule has 0 N–H and O–H groups in total. The second-order valence-electron chi connectivity index (χ2n) is 7.87. The zero-order valence-electron chi connectivity index (χ0n) is 16.2. The van der Waals surface area contributed by atoms with Gasteiger partial charge < -0.3 is 9.80 Å². The van der Waals surface area contributed by atoms with Gasteiger partial charge in [0.15, 0.2) is 5.65 Å². The number of piperazine rings is 1. The SMILES string of the molecule is Cc1cc2nc(-c3ccccc3)cc(N3CCN(C4CCCC4)C(=O)C3)n2n1. The molecule has 2 aromatic heterocycles. The lowest BCUT2D eigenvalue weighted by atomic mass is 10.1. The first-order valence-corrected chi connectivity index (χ1v) is 10.2. The molecule has 1 saturated heterocycles. The van der Waals surface area contributed by atoms with Crippen LogP contribution in [0, 0.1) is 6.92 Å². The van der Waals surface area contributed by atoms with Gasteiger partial charge in [-0.15, -0.1) is 0 Å². The summed E-state index contributed by atoms with van der Waals surface area (Å²) in [6.07, 6.45) is 4.80. The molecule has 5 rings (SSSR count). The maximum atomic E-state index is 12.9. The number of hydrogen-bond acceptors (Lipinski definition) is 4. The van der Waals surface area contributed by atoms with E-state index in [4.69, 9.17) is 4.98 Å². The van der Waals surface area contributed by atoms with Crippen LogP contribution in [-0.2, 0) is 4.79 Å². The van der Waals surface area contributed by atoms with Gasteiger partial charge in [0.25, 0.3) is 0 Å². The van der Waals surface area contributed by atoms with E-state index in [2.05, 4.69) is 33.1 Å². The van der Waals surface area contributed by atoms with Crippen molar-refractivity contribution in [3.8, 4) is 11.3 Å². The summed E-state index contributed by atoms with van der Waals surface area (Å²) in [6.45, 7) is 4.00. The van der Waals surface area contributed by atoms with Crippen LogP contribution in [0.4, 0.5) is 5.82 Å². The summed E-state index contributed by atoms with van der Waals surface area (Å²) >= 11 is 0. The van der Waals surface area contributed by atoms with Gasteiger partial charge in [0.1, 0.15) is 5.82 Å². The number of amides is 1. The van der Waals surface area contributed by atoms with Crippen molar-refractivity contribution in [2.75, 3.05) is 24.5 Å². The number of nitrogens with zero attached hydrogens (tertiary/aromatic N) is 5. The van der Waals surface area contributed by atoms with E-state index < -0.39 is 0 Å². The van der Waals surface area contributed by atoms with Gasteiger partial charge in [-0.05, 0) is 19.8 Å². The highest BCUT2D eigenvalue weighted by Crippen LogP contribution is 2.28. The third kappa shape index (κ3) is 3.03. The minimum absolute atomic E-state index is 0.230. The van der Waals surface area contributed by atoms with Crippen molar-refractivity contribution in [3.63, 3.8) is 0 Å². The molecule has 28 heavy (non-hydrogen) atoms. The highest BCUT2D eigenvalue weighted by Gasteiger charge is 2.32. The summed E-state index contributed by atoms with van der Waals surface area (Å²) < 4.78 is 1.88. The first kappa shape index (κ1) is 17.2. The molecule has 1 aliphatic heterocycles. The molecule has 144 valence electrons. The molecule has 3 heterocycles. The van der Waals surface area contributed by atoms with E-state index in [1.54, 1.807) is 0 Å². The number of carbonyl (C=O) groups excluding carboxylic acids is 1. The Hall–Kier alpha value is -2.89. The lowest BCUT2D eigenvalue weighted by Gasteiger charge is -2.38. The maximum absolute atomic E-state index is 12.9. The zero-order chi connectivity index (χ0) is 19.1. The van der Waals surface area contributed by atoms with Crippen LogP contribution in [0.15, 0.2) is 42.5 Å². The summed E-state index contributed by atoms with van der Waals surface area (Å²) in [5.74, 6) is 1.17. The van der Waals surface area contributed by atoms with Crippen molar-refractivity contribution < 1.29 is 4.79 Å². The first-order valence-electron chi connectivity index (χ1n) is 10.2. The van der Waals surface area contributed by atoms with E-state index in [9.17, 15) is 4.79 Å². The number of anilines is 1. The summed E-state index contributed by atoms with van der Waals surface area (Å²) in [6, 6.07) is 14.7. The standard InChI is InChI=1S/C22H25N5O/c1-16-13-20-23-19(17-7-3-2-4-8-17)14-21(27(20)24-16)25-11-12-26(22(28)15-25)18-9-5-6-10-18/h2-4,7-8,13-14,18H,5-6,9-12,15H2,1H3. The number of benzene rings is 1. The number of rotatable bonds is 3. The second kappa shape index (κ2) is 6.93. The Labute approximate surface area is 164 Å². The van der Waals surface area contributed by atoms with Crippen LogP contribution in [0.5, 0.6) is 0 Å². The minimum Gasteiger partial charge on any atom is -0.345 e. The topological polar surface area (TPSA) is 53.7 Å². The van der Waals surface area contributed by atoms with Crippen molar-refractivity contribution in [1.82, 2.24) is 19.5 Å². The molecule has 2 aliphatic rings. The Bertz CT molecular complexity index is 1010. The van der Waals surface area contributed by atoms with Crippen molar-refractivity contribution in [2.24, 2.45) is 0 Å². The Kier molecular flexibility index (Phi) is 4.26. The predicted octanol–water partition coefficient (Wildman–Crippen LogP) is 3.30. The summed E-state index contributed by atoms with van der Waals surface area (Å²) in [5.41, 5.74) is 3.73. The Morgan fingerprint density at radius 3 is 2.57 bits per heavy atom. The molecular weight excluding hydrogens is 350 g/mol. The smallest absolute Gasteiger partial charge is 0.242 e. The van der Waals surface area contributed by atoms with Crippen molar-refractivity contribution in [3.05, 3.63) is 48.2 Å². The molecule has 0 atom stereocenters. The van der Waals surface area contributed by atoms with Crippen molar-refractivity contribution in [2.45, 2.75) is 38.6 Å². The van der Waals surface area contributed by atoms with E-state index >= 15 is 0 Å². The largest absolute Gasteiger partial charge is 0.345 e. The third-order valence-electron chi connectivity index (χ3n) is 5.95. The van der Waals surface area contributed by atoms with Crippen LogP contribution in [0.2, 0.25) is 0 Å². The molecule has 1 aliphatic carbocycles. The Morgan fingerprint density at radius 2 is 1.82 bits per heavy atom. The van der Waals surface area contributed by atoms with Gasteiger partial charge in [0, 0.05) is 36.8 Å². The van der Waals surface area contributed by atoms with Gasteiger partial charge in [-0.1, -0.05) is 43.2 Å². The molecule has 0 spiro atoms. The van der Waals surface area contributed by atoms with Crippen LogP contribution in [0.3, 0.4) is 0 Å². The molecule has 0 radical (unpaired) electrons. The van der Waals surface area contributed by atoms with Crippen LogP contribution >= 0.6 is 0 Å². The lowest BCUT2D eigenvalue weighted by molar-refractivity contribution is -0.133. The fourth-order valence-corrected chi connectivity index (χ4v) is 4.54. The maximum Gasteiger partial charge on any atom is 0.242 e. The number of aromatic nitrogens is 3. The Balaban J connectivity index is 1.50. The molecule has 1 amide bonds. The van der Waals surface area contributed by atoms with Crippen LogP contribution < -0.4 is 4.90 Å². The molecule has 0 unspecified atom stereocenters. The molecule has 3 aromatic rings. The average Bonchev–Trinajstić information content (AvgIpc) is 3.36. The molecule has 0 bridgehead atoms. The predicted molar refractivity (Wildman–Crippen MR) is 109 cm³/mol. The molecule has 2 fully saturated rings. The normalized spacial score (nSPS) is 18.4. The monoisotopic (exact) mass is 375 g/mol. The van der Waals surface area contributed by atoms with Crippen LogP contribution in [0.25, 0.3) is 16.9 Å². The summed E-state index contributed by atoms with van der Waals surface area (Å²) in [5, 5.41) is 4.63.